The van der Waals surface area contributed by atoms with Gasteiger partial charge in [0.2, 0.25) is 0 Å². The molecule has 106 valence electrons. The topological polar surface area (TPSA) is 27.7 Å². The van der Waals surface area contributed by atoms with Crippen LogP contribution in [-0.4, -0.2) is 28.6 Å². The molecule has 0 bridgehead atoms. The Labute approximate surface area is 113 Å². The van der Waals surface area contributed by atoms with Crippen molar-refractivity contribution in [3.05, 3.63) is 23.9 Å². The molecule has 0 fully saturated rings. The summed E-state index contributed by atoms with van der Waals surface area (Å²) in [6.07, 6.45) is 8.83. The number of allylic oxidation sites excluding steroid dienone is 3. The summed E-state index contributed by atoms with van der Waals surface area (Å²) in [4.78, 5) is 0. The Morgan fingerprint density at radius 2 is 1.22 bits per heavy atom. The molecular weight excluding hydrogens is 244 g/mol. The van der Waals surface area contributed by atoms with E-state index in [0.717, 1.165) is 19.3 Å². The van der Waals surface area contributed by atoms with Gasteiger partial charge in [-0.05, 0) is 31.9 Å². The largest absolute Gasteiger partial charge is 0.529 e. The first-order valence-corrected chi connectivity index (χ1v) is 8.77. The minimum Gasteiger partial charge on any atom is -0.370 e. The molecule has 0 aromatic carbocycles. The van der Waals surface area contributed by atoms with Crippen molar-refractivity contribution in [1.29, 1.82) is 0 Å². The molecule has 0 aromatic rings. The van der Waals surface area contributed by atoms with Gasteiger partial charge >= 0.3 is 8.80 Å². The smallest absolute Gasteiger partial charge is 0.370 e. The first-order chi connectivity index (χ1) is 8.74. The van der Waals surface area contributed by atoms with Crippen molar-refractivity contribution in [2.24, 2.45) is 0 Å². The zero-order chi connectivity index (χ0) is 13.7. The minimum atomic E-state index is -2.63. The predicted octanol–water partition coefficient (Wildman–Crippen LogP) is 3.88. The average molecular weight is 272 g/mol. The van der Waals surface area contributed by atoms with E-state index < -0.39 is 8.80 Å². The molecule has 0 rings (SSSR count). The van der Waals surface area contributed by atoms with Crippen molar-refractivity contribution in [3.63, 3.8) is 0 Å². The summed E-state index contributed by atoms with van der Waals surface area (Å²) in [5.74, 6) is 0. The molecule has 0 aliphatic rings. The van der Waals surface area contributed by atoms with E-state index in [1.807, 2.05) is 30.9 Å². The van der Waals surface area contributed by atoms with Crippen molar-refractivity contribution in [3.8, 4) is 0 Å². The minimum absolute atomic E-state index is 0.680. The van der Waals surface area contributed by atoms with Gasteiger partial charge < -0.3 is 13.3 Å². The first kappa shape index (κ1) is 17.6. The van der Waals surface area contributed by atoms with Crippen LogP contribution in [-0.2, 0) is 13.3 Å². The quantitative estimate of drug-likeness (QED) is 0.422. The zero-order valence-corrected chi connectivity index (χ0v) is 13.3. The maximum atomic E-state index is 5.90. The van der Waals surface area contributed by atoms with E-state index in [9.17, 15) is 0 Å². The van der Waals surface area contributed by atoms with Crippen LogP contribution in [0.4, 0.5) is 0 Å². The van der Waals surface area contributed by atoms with Gasteiger partial charge in [-0.15, -0.1) is 0 Å². The zero-order valence-electron chi connectivity index (χ0n) is 12.3. The highest BCUT2D eigenvalue weighted by Crippen LogP contribution is 2.14. The maximum Gasteiger partial charge on any atom is 0.529 e. The van der Waals surface area contributed by atoms with Gasteiger partial charge in [0, 0.05) is 19.8 Å². The van der Waals surface area contributed by atoms with Gasteiger partial charge in [0.05, 0.1) is 0 Å². The standard InChI is InChI=1S/C14H28O3Si/c1-5-9-10-14-18(15-11-6-2,16-12-7-3)17-13-8-4/h5,9-10,14H,6-8,11-13H2,1-4H3/b9-5+,14-10+. The Balaban J connectivity index is 4.72. The van der Waals surface area contributed by atoms with E-state index in [0.29, 0.717) is 19.8 Å². The van der Waals surface area contributed by atoms with Crippen molar-refractivity contribution in [2.45, 2.75) is 47.0 Å². The monoisotopic (exact) mass is 272 g/mol. The molecular formula is C14H28O3Si. The van der Waals surface area contributed by atoms with Crippen LogP contribution in [0.3, 0.4) is 0 Å². The molecule has 0 unspecified atom stereocenters. The molecule has 0 aliphatic carbocycles. The Hall–Kier alpha value is -0.423. The van der Waals surface area contributed by atoms with Crippen LogP contribution >= 0.6 is 0 Å². The third-order valence-corrected chi connectivity index (χ3v) is 4.55. The second kappa shape index (κ2) is 11.7. The summed E-state index contributed by atoms with van der Waals surface area (Å²) < 4.78 is 17.7. The highest BCUT2D eigenvalue weighted by molar-refractivity contribution is 6.66. The lowest BCUT2D eigenvalue weighted by Gasteiger charge is -2.26. The molecule has 0 saturated carbocycles. The van der Waals surface area contributed by atoms with Crippen LogP contribution in [0.5, 0.6) is 0 Å². The molecule has 0 aromatic heterocycles. The molecule has 0 heterocycles. The Morgan fingerprint density at radius 3 is 1.56 bits per heavy atom. The fourth-order valence-corrected chi connectivity index (χ4v) is 3.64. The van der Waals surface area contributed by atoms with Crippen LogP contribution in [0.1, 0.15) is 47.0 Å². The molecule has 4 heteroatoms. The molecule has 3 nitrogen and oxygen atoms in total. The fourth-order valence-electron chi connectivity index (χ4n) is 1.29. The highest BCUT2D eigenvalue weighted by atomic mass is 28.4. The molecule has 0 radical (unpaired) electrons. The van der Waals surface area contributed by atoms with E-state index in [1.54, 1.807) is 0 Å². The predicted molar refractivity (Wildman–Crippen MR) is 78.4 cm³/mol. The van der Waals surface area contributed by atoms with Gasteiger partial charge in [-0.3, -0.25) is 0 Å². The molecule has 0 aliphatic heterocycles. The molecule has 18 heavy (non-hydrogen) atoms. The first-order valence-electron chi connectivity index (χ1n) is 6.97. The number of hydrogen-bond acceptors (Lipinski definition) is 3. The van der Waals surface area contributed by atoms with E-state index in [4.69, 9.17) is 13.3 Å². The lowest BCUT2D eigenvalue weighted by Crippen LogP contribution is -2.45. The lowest BCUT2D eigenvalue weighted by atomic mass is 10.5. The van der Waals surface area contributed by atoms with Crippen LogP contribution < -0.4 is 0 Å². The summed E-state index contributed by atoms with van der Waals surface area (Å²) in [7, 11) is -2.63. The molecule has 0 saturated heterocycles. The third kappa shape index (κ3) is 7.82. The van der Waals surface area contributed by atoms with Gasteiger partial charge in [-0.2, -0.15) is 0 Å². The second-order valence-electron chi connectivity index (χ2n) is 4.03. The summed E-state index contributed by atoms with van der Waals surface area (Å²) in [5, 5.41) is 0. The molecule has 0 N–H and O–H groups in total. The molecule has 0 amide bonds. The van der Waals surface area contributed by atoms with Gasteiger partial charge in [-0.1, -0.05) is 39.0 Å². The summed E-state index contributed by atoms with van der Waals surface area (Å²) in [5.41, 5.74) is 1.98. The van der Waals surface area contributed by atoms with E-state index in [1.165, 1.54) is 0 Å². The summed E-state index contributed by atoms with van der Waals surface area (Å²) in [6, 6.07) is 0. The second-order valence-corrected chi connectivity index (χ2v) is 6.44. The molecule has 0 spiro atoms. The Morgan fingerprint density at radius 1 is 0.778 bits per heavy atom. The van der Waals surface area contributed by atoms with Gasteiger partial charge in [0.15, 0.2) is 0 Å². The van der Waals surface area contributed by atoms with Crippen molar-refractivity contribution in [1.82, 2.24) is 0 Å². The average Bonchev–Trinajstić information content (AvgIpc) is 2.40. The van der Waals surface area contributed by atoms with Gasteiger partial charge in [0.1, 0.15) is 0 Å². The van der Waals surface area contributed by atoms with Crippen LogP contribution in [0.15, 0.2) is 23.9 Å². The van der Waals surface area contributed by atoms with Crippen molar-refractivity contribution in [2.75, 3.05) is 19.8 Å². The maximum absolute atomic E-state index is 5.90. The summed E-state index contributed by atoms with van der Waals surface area (Å²) in [6.45, 7) is 10.3. The lowest BCUT2D eigenvalue weighted by molar-refractivity contribution is 0.0716. The number of rotatable bonds is 11. The number of hydrogen-bond donors (Lipinski definition) is 0. The fraction of sp³-hybridized carbons (Fsp3) is 0.714. The Kier molecular flexibility index (Phi) is 11.4. The highest BCUT2D eigenvalue weighted by Gasteiger charge is 2.37. The van der Waals surface area contributed by atoms with Crippen LogP contribution in [0.2, 0.25) is 0 Å². The van der Waals surface area contributed by atoms with E-state index in [-0.39, 0.29) is 0 Å². The summed E-state index contributed by atoms with van der Waals surface area (Å²) >= 11 is 0. The van der Waals surface area contributed by atoms with Crippen molar-refractivity contribution >= 4 is 8.80 Å². The third-order valence-electron chi connectivity index (χ3n) is 2.13. The van der Waals surface area contributed by atoms with Crippen LogP contribution in [0.25, 0.3) is 0 Å². The molecule has 0 atom stereocenters. The van der Waals surface area contributed by atoms with Gasteiger partial charge in [-0.25, -0.2) is 0 Å². The van der Waals surface area contributed by atoms with E-state index >= 15 is 0 Å². The van der Waals surface area contributed by atoms with Crippen LogP contribution in [0, 0.1) is 0 Å². The van der Waals surface area contributed by atoms with Gasteiger partial charge in [0.25, 0.3) is 0 Å². The normalized spacial score (nSPS) is 12.9. The van der Waals surface area contributed by atoms with Crippen molar-refractivity contribution < 1.29 is 13.3 Å². The van der Waals surface area contributed by atoms with E-state index in [2.05, 4.69) is 20.8 Å². The Bertz CT molecular complexity index is 217. The SMILES string of the molecule is C/C=C/C=C/[Si](OCCC)(OCCC)OCCC.